The zero-order valence-corrected chi connectivity index (χ0v) is 4.47. The lowest BCUT2D eigenvalue weighted by molar-refractivity contribution is -0.138. The van der Waals surface area contributed by atoms with Gasteiger partial charge in [0, 0.05) is 0 Å². The predicted molar refractivity (Wildman–Crippen MR) is 24.5 cm³/mol. The van der Waals surface area contributed by atoms with E-state index >= 15 is 0 Å². The molecular weight excluding hydrogens is 150 g/mol. The first-order valence-corrected chi connectivity index (χ1v) is 1.98. The quantitative estimate of drug-likeness (QED) is 0.558. The third-order valence-corrected chi connectivity index (χ3v) is 0.568. The fourth-order valence-electron chi connectivity index (χ4n) is 0.188. The van der Waals surface area contributed by atoms with Gasteiger partial charge >= 0.3 is 11.9 Å². The highest BCUT2D eigenvalue weighted by Crippen LogP contribution is 2.07. The average Bonchev–Trinajstić information content (AvgIpc) is 1.84. The second-order valence-electron chi connectivity index (χ2n) is 1.24. The normalized spacial score (nSPS) is 12.2. The fourth-order valence-corrected chi connectivity index (χ4v) is 0.188. The molecule has 0 aliphatic carbocycles. The van der Waals surface area contributed by atoms with Gasteiger partial charge in [-0.1, -0.05) is 0 Å². The topological polar surface area (TPSA) is 74.6 Å². The number of carboxylic acids is 2. The van der Waals surface area contributed by atoms with Crippen molar-refractivity contribution in [2.75, 3.05) is 0 Å². The van der Waals surface area contributed by atoms with Crippen molar-refractivity contribution in [2.45, 2.75) is 0 Å². The molecule has 0 saturated carbocycles. The van der Waals surface area contributed by atoms with Gasteiger partial charge < -0.3 is 10.2 Å². The number of aliphatic carboxylic acids is 2. The molecule has 0 aromatic heterocycles. The highest BCUT2D eigenvalue weighted by atomic mass is 19.2. The van der Waals surface area contributed by atoms with Crippen molar-refractivity contribution in [3.63, 3.8) is 0 Å². The van der Waals surface area contributed by atoms with E-state index in [1.807, 2.05) is 0 Å². The summed E-state index contributed by atoms with van der Waals surface area (Å²) in [5, 5.41) is 15.3. The zero-order valence-electron chi connectivity index (χ0n) is 4.47. The first-order valence-electron chi connectivity index (χ1n) is 1.98. The van der Waals surface area contributed by atoms with Crippen molar-refractivity contribution in [2.24, 2.45) is 0 Å². The molecule has 0 bridgehead atoms. The van der Waals surface area contributed by atoms with E-state index in [0.29, 0.717) is 0 Å². The summed E-state index contributed by atoms with van der Waals surface area (Å²) in [6.45, 7) is 0. The van der Waals surface area contributed by atoms with E-state index in [2.05, 4.69) is 0 Å². The highest BCUT2D eigenvalue weighted by molar-refractivity contribution is 5.95. The minimum Gasteiger partial charge on any atom is -0.476 e. The Morgan fingerprint density at radius 1 is 0.900 bits per heavy atom. The Morgan fingerprint density at radius 3 is 1.20 bits per heavy atom. The SMILES string of the molecule is O=C(O)/C(F)=C(/F)C(=O)O. The molecule has 0 aliphatic rings. The van der Waals surface area contributed by atoms with E-state index < -0.39 is 23.6 Å². The molecule has 0 fully saturated rings. The third-order valence-electron chi connectivity index (χ3n) is 0.568. The smallest absolute Gasteiger partial charge is 0.368 e. The van der Waals surface area contributed by atoms with Crippen molar-refractivity contribution >= 4 is 11.9 Å². The molecule has 0 amide bonds. The van der Waals surface area contributed by atoms with Gasteiger partial charge in [0.1, 0.15) is 0 Å². The minimum atomic E-state index is -2.30. The van der Waals surface area contributed by atoms with Gasteiger partial charge in [-0.15, -0.1) is 0 Å². The summed E-state index contributed by atoms with van der Waals surface area (Å²) in [4.78, 5) is 19.0. The Kier molecular flexibility index (Phi) is 2.48. The molecule has 6 heteroatoms. The van der Waals surface area contributed by atoms with Gasteiger partial charge in [0.25, 0.3) is 11.7 Å². The predicted octanol–water partition coefficient (Wildman–Crippen LogP) is 0.306. The van der Waals surface area contributed by atoms with Crippen LogP contribution < -0.4 is 0 Å². The average molecular weight is 152 g/mol. The van der Waals surface area contributed by atoms with Gasteiger partial charge in [-0.2, -0.15) is 8.78 Å². The van der Waals surface area contributed by atoms with Gasteiger partial charge in [-0.25, -0.2) is 9.59 Å². The molecular formula is C4H2F2O4. The summed E-state index contributed by atoms with van der Waals surface area (Å²) >= 11 is 0. The molecule has 0 radical (unpaired) electrons. The lowest BCUT2D eigenvalue weighted by atomic mass is 10.4. The van der Waals surface area contributed by atoms with Gasteiger partial charge in [0.2, 0.25) is 0 Å². The van der Waals surface area contributed by atoms with E-state index in [-0.39, 0.29) is 0 Å². The van der Waals surface area contributed by atoms with Crippen LogP contribution in [0.25, 0.3) is 0 Å². The Balaban J connectivity index is 4.67. The molecule has 0 atom stereocenters. The standard InChI is InChI=1S/C4H2F2O4/c5-1(3(7)8)2(6)4(9)10/h(H,7,8)(H,9,10)/b2-1-. The van der Waals surface area contributed by atoms with Crippen LogP contribution in [0.15, 0.2) is 11.7 Å². The summed E-state index contributed by atoms with van der Waals surface area (Å²) in [5.74, 6) is -9.07. The molecule has 0 aliphatic heterocycles. The molecule has 0 heterocycles. The minimum absolute atomic E-state index is 2.24. The first-order chi connectivity index (χ1) is 4.46. The molecule has 0 aromatic rings. The van der Waals surface area contributed by atoms with Gasteiger partial charge in [0.15, 0.2) is 0 Å². The van der Waals surface area contributed by atoms with Crippen LogP contribution in [0.3, 0.4) is 0 Å². The van der Waals surface area contributed by atoms with Crippen LogP contribution in [0.2, 0.25) is 0 Å². The molecule has 0 spiro atoms. The van der Waals surface area contributed by atoms with Crippen LogP contribution in [0, 0.1) is 0 Å². The molecule has 10 heavy (non-hydrogen) atoms. The Bertz CT molecular complexity index is 185. The van der Waals surface area contributed by atoms with E-state index in [4.69, 9.17) is 10.2 Å². The second-order valence-corrected chi connectivity index (χ2v) is 1.24. The van der Waals surface area contributed by atoms with Crippen molar-refractivity contribution in [1.29, 1.82) is 0 Å². The maximum atomic E-state index is 11.7. The Labute approximate surface area is 53.4 Å². The first kappa shape index (κ1) is 8.54. The summed E-state index contributed by atoms with van der Waals surface area (Å²) in [5.41, 5.74) is 0. The Morgan fingerprint density at radius 2 is 1.10 bits per heavy atom. The summed E-state index contributed by atoms with van der Waals surface area (Å²) in [7, 11) is 0. The van der Waals surface area contributed by atoms with Crippen LogP contribution in [-0.4, -0.2) is 22.2 Å². The summed E-state index contributed by atoms with van der Waals surface area (Å²) in [6.07, 6.45) is 0. The van der Waals surface area contributed by atoms with Gasteiger partial charge in [-0.3, -0.25) is 0 Å². The van der Waals surface area contributed by atoms with Crippen LogP contribution in [-0.2, 0) is 9.59 Å². The van der Waals surface area contributed by atoms with E-state index in [1.54, 1.807) is 0 Å². The molecule has 0 aromatic carbocycles. The molecule has 0 rings (SSSR count). The largest absolute Gasteiger partial charge is 0.476 e. The molecule has 56 valence electrons. The van der Waals surface area contributed by atoms with E-state index in [0.717, 1.165) is 0 Å². The monoisotopic (exact) mass is 152 g/mol. The molecule has 0 unspecified atom stereocenters. The zero-order chi connectivity index (χ0) is 8.31. The van der Waals surface area contributed by atoms with Crippen LogP contribution in [0.5, 0.6) is 0 Å². The summed E-state index contributed by atoms with van der Waals surface area (Å²) < 4.78 is 23.4. The van der Waals surface area contributed by atoms with Gasteiger partial charge in [0.05, 0.1) is 0 Å². The fraction of sp³-hybridized carbons (Fsp3) is 0. The maximum Gasteiger partial charge on any atom is 0.368 e. The second kappa shape index (κ2) is 2.90. The van der Waals surface area contributed by atoms with Gasteiger partial charge in [-0.05, 0) is 0 Å². The number of hydrogen-bond donors (Lipinski definition) is 2. The van der Waals surface area contributed by atoms with Crippen LogP contribution >= 0.6 is 0 Å². The van der Waals surface area contributed by atoms with Crippen LogP contribution in [0.1, 0.15) is 0 Å². The number of carbonyl (C=O) groups is 2. The van der Waals surface area contributed by atoms with Crippen molar-refractivity contribution in [3.05, 3.63) is 11.7 Å². The lowest BCUT2D eigenvalue weighted by Crippen LogP contribution is -2.04. The molecule has 0 saturated heterocycles. The molecule has 4 nitrogen and oxygen atoms in total. The summed E-state index contributed by atoms with van der Waals surface area (Å²) in [6, 6.07) is 0. The highest BCUT2D eigenvalue weighted by Gasteiger charge is 2.19. The van der Waals surface area contributed by atoms with Crippen LogP contribution in [0.4, 0.5) is 8.78 Å². The molecule has 2 N–H and O–H groups in total. The number of halogens is 2. The van der Waals surface area contributed by atoms with Crippen molar-refractivity contribution in [3.8, 4) is 0 Å². The van der Waals surface area contributed by atoms with E-state index in [1.165, 1.54) is 0 Å². The maximum absolute atomic E-state index is 11.7. The lowest BCUT2D eigenvalue weighted by Gasteiger charge is -1.87. The number of carboxylic acid groups (broad SMARTS) is 2. The number of hydrogen-bond acceptors (Lipinski definition) is 2. The number of rotatable bonds is 2. The third kappa shape index (κ3) is 1.81. The van der Waals surface area contributed by atoms with Crippen molar-refractivity contribution in [1.82, 2.24) is 0 Å². The van der Waals surface area contributed by atoms with E-state index in [9.17, 15) is 18.4 Å². The van der Waals surface area contributed by atoms with Crippen molar-refractivity contribution < 1.29 is 28.6 Å². The Hall–Kier alpha value is -1.46.